The van der Waals surface area contributed by atoms with Crippen LogP contribution in [0.1, 0.15) is 71.1 Å². The van der Waals surface area contributed by atoms with Crippen molar-refractivity contribution >= 4 is 11.8 Å². The second-order valence-corrected chi connectivity index (χ2v) is 7.67. The molecule has 3 unspecified atom stereocenters. The van der Waals surface area contributed by atoms with Crippen molar-refractivity contribution in [3.8, 4) is 0 Å². The first-order chi connectivity index (χ1) is 12.0. The third-order valence-electron chi connectivity index (χ3n) is 5.77. The minimum atomic E-state index is -1.98. The van der Waals surface area contributed by atoms with Crippen LogP contribution >= 0.6 is 0 Å². The summed E-state index contributed by atoms with van der Waals surface area (Å²) in [5.41, 5.74) is -1.98. The topological polar surface area (TPSA) is 74.6 Å². The fourth-order valence-corrected chi connectivity index (χ4v) is 4.23. The van der Waals surface area contributed by atoms with Crippen molar-refractivity contribution in [1.29, 1.82) is 0 Å². The number of aliphatic hydroxyl groups is 1. The van der Waals surface area contributed by atoms with Gasteiger partial charge in [-0.3, -0.25) is 4.79 Å². The fourth-order valence-electron chi connectivity index (χ4n) is 4.23. The molecule has 0 aromatic heterocycles. The Balaban J connectivity index is 2.04. The molecular formula is C21H32O4. The molecule has 140 valence electrons. The Kier molecular flexibility index (Phi) is 7.42. The summed E-state index contributed by atoms with van der Waals surface area (Å²) in [4.78, 5) is 24.0. The van der Waals surface area contributed by atoms with Gasteiger partial charge in [0.1, 0.15) is 0 Å². The van der Waals surface area contributed by atoms with Crippen LogP contribution in [0.2, 0.25) is 0 Å². The number of carbonyl (C=O) groups excluding carboxylic acids is 1. The van der Waals surface area contributed by atoms with E-state index >= 15 is 0 Å². The molecule has 4 nitrogen and oxygen atoms in total. The molecule has 0 aromatic carbocycles. The van der Waals surface area contributed by atoms with E-state index < -0.39 is 17.5 Å². The molecule has 2 aliphatic carbocycles. The smallest absolute Gasteiger partial charge is 0.336 e. The highest BCUT2D eigenvalue weighted by atomic mass is 16.4. The van der Waals surface area contributed by atoms with E-state index in [1.807, 2.05) is 13.0 Å². The number of carbonyl (C=O) groups is 2. The Morgan fingerprint density at radius 1 is 1.28 bits per heavy atom. The number of hydrogen-bond acceptors (Lipinski definition) is 3. The third-order valence-corrected chi connectivity index (χ3v) is 5.77. The number of ketones is 1. The standard InChI is InChI=1S/C21H32O4/c1-2-3-7-15-21(25,20(23)24)19-17(13-14-18(19)22)12-8-11-16-9-5-4-6-10-16/h8,12-14,16-17,19,25H,2-7,9-11,15H2,1H3,(H,23,24). The Labute approximate surface area is 151 Å². The van der Waals surface area contributed by atoms with Crippen LogP contribution in [0.5, 0.6) is 0 Å². The van der Waals surface area contributed by atoms with Crippen LogP contribution in [0.3, 0.4) is 0 Å². The Morgan fingerprint density at radius 2 is 2.00 bits per heavy atom. The molecule has 0 aliphatic heterocycles. The van der Waals surface area contributed by atoms with Crippen molar-refractivity contribution in [2.24, 2.45) is 17.8 Å². The average molecular weight is 348 g/mol. The number of carboxylic acids is 1. The number of hydrogen-bond donors (Lipinski definition) is 2. The van der Waals surface area contributed by atoms with Gasteiger partial charge < -0.3 is 10.2 Å². The summed E-state index contributed by atoms with van der Waals surface area (Å²) in [5.74, 6) is -2.07. The Hall–Kier alpha value is -1.42. The molecular weight excluding hydrogens is 316 g/mol. The highest BCUT2D eigenvalue weighted by Gasteiger charge is 2.50. The summed E-state index contributed by atoms with van der Waals surface area (Å²) in [6, 6.07) is 0. The molecule has 0 heterocycles. The third kappa shape index (κ3) is 5.04. The maximum absolute atomic E-state index is 12.3. The lowest BCUT2D eigenvalue weighted by Gasteiger charge is -2.32. The average Bonchev–Trinajstić information content (AvgIpc) is 2.97. The summed E-state index contributed by atoms with van der Waals surface area (Å²) in [7, 11) is 0. The van der Waals surface area contributed by atoms with Gasteiger partial charge in [-0.2, -0.15) is 0 Å². The Bertz CT molecular complexity index is 516. The van der Waals surface area contributed by atoms with Crippen molar-refractivity contribution < 1.29 is 19.8 Å². The van der Waals surface area contributed by atoms with Crippen LogP contribution in [0.25, 0.3) is 0 Å². The van der Waals surface area contributed by atoms with Crippen LogP contribution in [0.4, 0.5) is 0 Å². The molecule has 0 amide bonds. The van der Waals surface area contributed by atoms with E-state index in [0.717, 1.165) is 19.3 Å². The first-order valence-electron chi connectivity index (χ1n) is 9.83. The van der Waals surface area contributed by atoms with E-state index in [4.69, 9.17) is 0 Å². The summed E-state index contributed by atoms with van der Waals surface area (Å²) >= 11 is 0. The zero-order chi connectivity index (χ0) is 18.3. The molecule has 0 saturated heterocycles. The SMILES string of the molecule is CCCCCC(O)(C(=O)O)C1C(=O)C=CC1C=CCC1CCCCC1. The monoisotopic (exact) mass is 348 g/mol. The van der Waals surface area contributed by atoms with E-state index in [2.05, 4.69) is 6.08 Å². The van der Waals surface area contributed by atoms with E-state index in [1.54, 1.807) is 6.08 Å². The van der Waals surface area contributed by atoms with E-state index in [1.165, 1.54) is 38.2 Å². The van der Waals surface area contributed by atoms with Gasteiger partial charge in [0.2, 0.25) is 0 Å². The number of carboxylic acid groups (broad SMARTS) is 1. The number of rotatable bonds is 9. The number of allylic oxidation sites excluding steroid dienone is 4. The highest BCUT2D eigenvalue weighted by molar-refractivity contribution is 5.99. The van der Waals surface area contributed by atoms with E-state index in [9.17, 15) is 19.8 Å². The summed E-state index contributed by atoms with van der Waals surface area (Å²) < 4.78 is 0. The van der Waals surface area contributed by atoms with Crippen LogP contribution < -0.4 is 0 Å². The van der Waals surface area contributed by atoms with Gasteiger partial charge in [-0.05, 0) is 31.3 Å². The lowest BCUT2D eigenvalue weighted by Crippen LogP contribution is -2.50. The second-order valence-electron chi connectivity index (χ2n) is 7.67. The first-order valence-corrected chi connectivity index (χ1v) is 9.83. The predicted molar refractivity (Wildman–Crippen MR) is 98.2 cm³/mol. The molecule has 3 atom stereocenters. The summed E-state index contributed by atoms with van der Waals surface area (Å²) in [6.07, 6.45) is 17.1. The van der Waals surface area contributed by atoms with E-state index in [-0.39, 0.29) is 18.1 Å². The molecule has 25 heavy (non-hydrogen) atoms. The van der Waals surface area contributed by atoms with Gasteiger partial charge in [-0.25, -0.2) is 4.79 Å². The quantitative estimate of drug-likeness (QED) is 0.482. The lowest BCUT2D eigenvalue weighted by molar-refractivity contribution is -0.169. The maximum atomic E-state index is 12.3. The van der Waals surface area contributed by atoms with Gasteiger partial charge in [-0.15, -0.1) is 0 Å². The number of unbranched alkanes of at least 4 members (excludes halogenated alkanes) is 2. The molecule has 0 radical (unpaired) electrons. The fraction of sp³-hybridized carbons (Fsp3) is 0.714. The minimum absolute atomic E-state index is 0.126. The van der Waals surface area contributed by atoms with Gasteiger partial charge in [0, 0.05) is 5.92 Å². The van der Waals surface area contributed by atoms with Crippen molar-refractivity contribution in [1.82, 2.24) is 0 Å². The van der Waals surface area contributed by atoms with E-state index in [0.29, 0.717) is 12.3 Å². The molecule has 1 fully saturated rings. The van der Waals surface area contributed by atoms with Crippen LogP contribution in [-0.2, 0) is 9.59 Å². The van der Waals surface area contributed by atoms with Gasteiger partial charge in [0.05, 0.1) is 5.92 Å². The van der Waals surface area contributed by atoms with Gasteiger partial charge >= 0.3 is 5.97 Å². The molecule has 0 aromatic rings. The van der Waals surface area contributed by atoms with Crippen molar-refractivity contribution in [2.45, 2.75) is 76.7 Å². The van der Waals surface area contributed by atoms with Crippen LogP contribution in [-0.4, -0.2) is 27.6 Å². The van der Waals surface area contributed by atoms with Crippen molar-refractivity contribution in [3.63, 3.8) is 0 Å². The molecule has 1 saturated carbocycles. The number of aliphatic carboxylic acids is 1. The summed E-state index contributed by atoms with van der Waals surface area (Å²) in [6.45, 7) is 2.03. The highest BCUT2D eigenvalue weighted by Crippen LogP contribution is 2.37. The maximum Gasteiger partial charge on any atom is 0.336 e. The minimum Gasteiger partial charge on any atom is -0.479 e. The predicted octanol–water partition coefficient (Wildman–Crippen LogP) is 4.28. The largest absolute Gasteiger partial charge is 0.479 e. The zero-order valence-corrected chi connectivity index (χ0v) is 15.3. The van der Waals surface area contributed by atoms with Gasteiger partial charge in [0.25, 0.3) is 0 Å². The normalized spacial score (nSPS) is 27.0. The zero-order valence-electron chi connectivity index (χ0n) is 15.3. The molecule has 2 aliphatic rings. The van der Waals surface area contributed by atoms with Gasteiger partial charge in [0.15, 0.2) is 11.4 Å². The van der Waals surface area contributed by atoms with Crippen LogP contribution in [0, 0.1) is 17.8 Å². The molecule has 2 rings (SSSR count). The molecule has 0 bridgehead atoms. The Morgan fingerprint density at radius 3 is 2.64 bits per heavy atom. The summed E-state index contributed by atoms with van der Waals surface area (Å²) in [5, 5.41) is 20.4. The molecule has 4 heteroatoms. The van der Waals surface area contributed by atoms with Gasteiger partial charge in [-0.1, -0.05) is 70.1 Å². The first kappa shape index (κ1) is 19.9. The van der Waals surface area contributed by atoms with Crippen molar-refractivity contribution in [3.05, 3.63) is 24.3 Å². The molecule has 0 spiro atoms. The van der Waals surface area contributed by atoms with Crippen molar-refractivity contribution in [2.75, 3.05) is 0 Å². The lowest BCUT2D eigenvalue weighted by atomic mass is 9.75. The van der Waals surface area contributed by atoms with Crippen LogP contribution in [0.15, 0.2) is 24.3 Å². The molecule has 2 N–H and O–H groups in total. The second kappa shape index (κ2) is 9.33.